The molecule has 0 fully saturated rings. The lowest BCUT2D eigenvalue weighted by Crippen LogP contribution is -2.43. The second-order valence-electron chi connectivity index (χ2n) is 6.92. The summed E-state index contributed by atoms with van der Waals surface area (Å²) in [6, 6.07) is 9.71. The number of hydrogen-bond donors (Lipinski definition) is 2. The zero-order chi connectivity index (χ0) is 23.1. The zero-order valence-electron chi connectivity index (χ0n) is 17.5. The van der Waals surface area contributed by atoms with Crippen molar-refractivity contribution in [3.8, 4) is 0 Å². The van der Waals surface area contributed by atoms with E-state index in [0.29, 0.717) is 27.1 Å². The molecule has 0 unspecified atom stereocenters. The largest absolute Gasteiger partial charge is 0.467 e. The van der Waals surface area contributed by atoms with Crippen molar-refractivity contribution in [2.45, 2.75) is 32.6 Å². The average Bonchev–Trinajstić information content (AvgIpc) is 3.27. The number of H-pyrrole nitrogens is 1. The first kappa shape index (κ1) is 23.1. The summed E-state index contributed by atoms with van der Waals surface area (Å²) in [7, 11) is 1.22. The van der Waals surface area contributed by atoms with Crippen LogP contribution < -0.4 is 5.32 Å². The van der Waals surface area contributed by atoms with Gasteiger partial charge in [-0.3, -0.25) is 9.89 Å². The first-order valence-corrected chi connectivity index (χ1v) is 10.1. The molecule has 2 aromatic carbocycles. The van der Waals surface area contributed by atoms with Crippen molar-refractivity contribution in [1.29, 1.82) is 0 Å². The number of benzene rings is 2. The second kappa shape index (κ2) is 10.6. The van der Waals surface area contributed by atoms with E-state index in [1.54, 1.807) is 12.3 Å². The van der Waals surface area contributed by atoms with E-state index in [0.717, 1.165) is 5.56 Å². The molecule has 0 spiro atoms. The van der Waals surface area contributed by atoms with Gasteiger partial charge in [0.1, 0.15) is 19.3 Å². The van der Waals surface area contributed by atoms with Crippen molar-refractivity contribution in [3.63, 3.8) is 0 Å². The maximum absolute atomic E-state index is 12.4. The van der Waals surface area contributed by atoms with Gasteiger partial charge in [-0.25, -0.2) is 9.59 Å². The Kier molecular flexibility index (Phi) is 7.67. The van der Waals surface area contributed by atoms with Gasteiger partial charge in [-0.15, -0.1) is 0 Å². The van der Waals surface area contributed by atoms with E-state index in [4.69, 9.17) is 25.8 Å². The molecule has 2 N–H and O–H groups in total. The molecule has 1 aromatic heterocycles. The van der Waals surface area contributed by atoms with Crippen LogP contribution in [0.1, 0.15) is 23.6 Å². The van der Waals surface area contributed by atoms with Gasteiger partial charge in [-0.2, -0.15) is 5.10 Å². The van der Waals surface area contributed by atoms with E-state index in [2.05, 4.69) is 15.5 Å². The smallest absolute Gasteiger partial charge is 0.408 e. The summed E-state index contributed by atoms with van der Waals surface area (Å²) >= 11 is 6.35. The molecule has 1 amide bonds. The van der Waals surface area contributed by atoms with Gasteiger partial charge in [0, 0.05) is 24.3 Å². The Labute approximate surface area is 189 Å². The molecule has 1 heterocycles. The van der Waals surface area contributed by atoms with Gasteiger partial charge in [0.25, 0.3) is 0 Å². The summed E-state index contributed by atoms with van der Waals surface area (Å²) in [5, 5.41) is 10.3. The lowest BCUT2D eigenvalue weighted by atomic mass is 9.97. The maximum atomic E-state index is 12.4. The van der Waals surface area contributed by atoms with E-state index < -0.39 is 24.1 Å². The van der Waals surface area contributed by atoms with Crippen LogP contribution in [0.5, 0.6) is 0 Å². The third kappa shape index (κ3) is 5.76. The number of carbonyl (C=O) groups is 3. The number of amides is 1. The van der Waals surface area contributed by atoms with Crippen LogP contribution in [-0.4, -0.2) is 41.4 Å². The van der Waals surface area contributed by atoms with Crippen LogP contribution in [-0.2, 0) is 43.4 Å². The lowest BCUT2D eigenvalue weighted by molar-refractivity contribution is -0.143. The molecule has 0 radical (unpaired) electrons. The molecule has 3 rings (SSSR count). The summed E-state index contributed by atoms with van der Waals surface area (Å²) in [6.45, 7) is 1.29. The second-order valence-corrected chi connectivity index (χ2v) is 7.33. The molecule has 1 atom stereocenters. The molecule has 3 aromatic rings. The maximum Gasteiger partial charge on any atom is 0.408 e. The molecule has 0 aliphatic rings. The number of esters is 2. The molecular formula is C22H22ClN3O6. The van der Waals surface area contributed by atoms with Gasteiger partial charge in [-0.1, -0.05) is 41.9 Å². The number of rotatable bonds is 8. The first-order chi connectivity index (χ1) is 15.4. The van der Waals surface area contributed by atoms with E-state index in [1.807, 2.05) is 30.3 Å². The van der Waals surface area contributed by atoms with Crippen LogP contribution in [0.4, 0.5) is 4.79 Å². The average molecular weight is 460 g/mol. The molecule has 168 valence electrons. The number of halogens is 1. The number of aromatic nitrogens is 2. The van der Waals surface area contributed by atoms with E-state index in [-0.39, 0.29) is 19.6 Å². The van der Waals surface area contributed by atoms with Crippen molar-refractivity contribution < 1.29 is 28.6 Å². The van der Waals surface area contributed by atoms with Gasteiger partial charge in [0.2, 0.25) is 0 Å². The number of carbonyl (C=O) groups excluding carboxylic acids is 3. The molecular weight excluding hydrogens is 438 g/mol. The van der Waals surface area contributed by atoms with Crippen LogP contribution >= 0.6 is 11.6 Å². The van der Waals surface area contributed by atoms with Gasteiger partial charge in [-0.05, 0) is 17.2 Å². The van der Waals surface area contributed by atoms with Gasteiger partial charge in [0.15, 0.2) is 0 Å². The van der Waals surface area contributed by atoms with E-state index in [1.165, 1.54) is 14.0 Å². The fourth-order valence-corrected chi connectivity index (χ4v) is 3.45. The highest BCUT2D eigenvalue weighted by Gasteiger charge is 2.25. The zero-order valence-corrected chi connectivity index (χ0v) is 18.3. The molecule has 0 bridgehead atoms. The van der Waals surface area contributed by atoms with Gasteiger partial charge in [0.05, 0.1) is 23.8 Å². The van der Waals surface area contributed by atoms with Crippen LogP contribution in [0, 0.1) is 0 Å². The van der Waals surface area contributed by atoms with Gasteiger partial charge >= 0.3 is 18.0 Å². The highest BCUT2D eigenvalue weighted by molar-refractivity contribution is 6.35. The number of hydrogen-bond acceptors (Lipinski definition) is 7. The first-order valence-electron chi connectivity index (χ1n) is 9.70. The van der Waals surface area contributed by atoms with Crippen molar-refractivity contribution in [2.75, 3.05) is 7.11 Å². The van der Waals surface area contributed by atoms with Crippen LogP contribution in [0.2, 0.25) is 5.02 Å². The topological polar surface area (TPSA) is 120 Å². The molecule has 0 saturated carbocycles. The molecule has 0 saturated heterocycles. The highest BCUT2D eigenvalue weighted by atomic mass is 35.5. The minimum atomic E-state index is -1.06. The Morgan fingerprint density at radius 3 is 2.59 bits per heavy atom. The Hall–Kier alpha value is -3.59. The summed E-state index contributed by atoms with van der Waals surface area (Å²) in [6.07, 6.45) is 0.810. The minimum Gasteiger partial charge on any atom is -0.467 e. The third-order valence-electron chi connectivity index (χ3n) is 4.73. The fourth-order valence-electron chi connectivity index (χ4n) is 3.17. The predicted molar refractivity (Wildman–Crippen MR) is 116 cm³/mol. The van der Waals surface area contributed by atoms with Crippen molar-refractivity contribution in [1.82, 2.24) is 15.5 Å². The number of fused-ring (bicyclic) bond motifs is 1. The summed E-state index contributed by atoms with van der Waals surface area (Å²) in [5.74, 6) is -1.13. The normalized spacial score (nSPS) is 11.6. The summed E-state index contributed by atoms with van der Waals surface area (Å²) in [4.78, 5) is 36.1. The molecule has 0 aliphatic carbocycles. The number of ether oxygens (including phenoxy) is 3. The summed E-state index contributed by atoms with van der Waals surface area (Å²) in [5.41, 5.74) is 2.58. The van der Waals surface area contributed by atoms with E-state index in [9.17, 15) is 14.4 Å². The Morgan fingerprint density at radius 2 is 1.91 bits per heavy atom. The third-order valence-corrected chi connectivity index (χ3v) is 5.02. The van der Waals surface area contributed by atoms with Crippen molar-refractivity contribution in [2.24, 2.45) is 0 Å². The fraction of sp³-hybridized carbons (Fsp3) is 0.273. The Balaban J connectivity index is 1.81. The van der Waals surface area contributed by atoms with E-state index >= 15 is 0 Å². The number of nitrogens with one attached hydrogen (secondary N) is 2. The van der Waals surface area contributed by atoms with Crippen LogP contribution in [0.15, 0.2) is 42.6 Å². The summed E-state index contributed by atoms with van der Waals surface area (Å²) < 4.78 is 15.2. The lowest BCUT2D eigenvalue weighted by Gasteiger charge is -2.19. The number of nitrogens with zero attached hydrogens (tertiary/aromatic N) is 1. The molecule has 10 heteroatoms. The number of methoxy groups -OCH3 is 1. The Morgan fingerprint density at radius 1 is 1.16 bits per heavy atom. The molecule has 0 aliphatic heterocycles. The van der Waals surface area contributed by atoms with Crippen LogP contribution in [0.3, 0.4) is 0 Å². The number of alkyl carbamates (subject to hydrolysis) is 1. The number of aromatic amines is 1. The predicted octanol–water partition coefficient (Wildman–Crippen LogP) is 3.29. The standard InChI is InChI=1S/C22H22ClN3O6/c1-13(27)31-12-17-15(8-18(23)20-16(17)10-24-26-20)9-19(21(28)30-2)25-22(29)32-11-14-6-4-3-5-7-14/h3-8,10,19H,9,11-12H2,1-2H3,(H,24,26)(H,25,29)/t19-/m1/s1. The van der Waals surface area contributed by atoms with Crippen molar-refractivity contribution in [3.05, 3.63) is 64.3 Å². The SMILES string of the molecule is COC(=O)[C@@H](Cc1cc(Cl)c2[nH]ncc2c1COC(C)=O)NC(=O)OCc1ccccc1. The monoisotopic (exact) mass is 459 g/mol. The minimum absolute atomic E-state index is 0.0323. The van der Waals surface area contributed by atoms with Crippen molar-refractivity contribution >= 4 is 40.5 Å². The van der Waals surface area contributed by atoms with Crippen LogP contribution in [0.25, 0.3) is 10.9 Å². The molecule has 9 nitrogen and oxygen atoms in total. The van der Waals surface area contributed by atoms with Gasteiger partial charge < -0.3 is 19.5 Å². The Bertz CT molecular complexity index is 1120. The molecule has 32 heavy (non-hydrogen) atoms. The quantitative estimate of drug-likeness (QED) is 0.391. The highest BCUT2D eigenvalue weighted by Crippen LogP contribution is 2.30.